The third kappa shape index (κ3) is 9.90. The molecular formula is C21H30Cl3NO3. The number of halogens is 3. The fraction of sp³-hybridized carbons (Fsp3) is 0.571. The van der Waals surface area contributed by atoms with Crippen LogP contribution in [0.4, 0.5) is 0 Å². The van der Waals surface area contributed by atoms with E-state index in [0.717, 1.165) is 30.5 Å². The lowest BCUT2D eigenvalue weighted by Gasteiger charge is -2.16. The number of hydrogen-bond acceptors (Lipinski definition) is 4. The summed E-state index contributed by atoms with van der Waals surface area (Å²) in [6, 6.07) is 3.60. The van der Waals surface area contributed by atoms with E-state index in [1.165, 1.54) is 0 Å². The Morgan fingerprint density at radius 3 is 2.36 bits per heavy atom. The number of hydrogen-bond donors (Lipinski definition) is 0. The van der Waals surface area contributed by atoms with Gasteiger partial charge in [0.1, 0.15) is 29.2 Å². The van der Waals surface area contributed by atoms with Crippen molar-refractivity contribution < 1.29 is 14.3 Å². The van der Waals surface area contributed by atoms with Gasteiger partial charge in [0.2, 0.25) is 0 Å². The molecule has 1 rings (SSSR count). The fourth-order valence-electron chi connectivity index (χ4n) is 2.07. The topological polar surface area (TPSA) is 40.0 Å². The van der Waals surface area contributed by atoms with Crippen LogP contribution in [0.3, 0.4) is 0 Å². The van der Waals surface area contributed by atoms with E-state index >= 15 is 0 Å². The molecule has 0 saturated heterocycles. The van der Waals surface area contributed by atoms with Crippen molar-refractivity contribution in [2.45, 2.75) is 53.9 Å². The number of unbranched alkanes of at least 4 members (excludes halogenated alkanes) is 2. The summed E-state index contributed by atoms with van der Waals surface area (Å²) in [5, 5.41) is 4.68. The summed E-state index contributed by atoms with van der Waals surface area (Å²) < 4.78 is 11.6. The highest BCUT2D eigenvalue weighted by Gasteiger charge is 2.14. The van der Waals surface area contributed by atoms with Gasteiger partial charge in [0, 0.05) is 11.5 Å². The molecule has 0 amide bonds. The van der Waals surface area contributed by atoms with Crippen molar-refractivity contribution in [3.63, 3.8) is 0 Å². The molecule has 0 N–H and O–H groups in total. The zero-order chi connectivity index (χ0) is 21.2. The van der Waals surface area contributed by atoms with Gasteiger partial charge in [-0.1, -0.05) is 60.7 Å². The van der Waals surface area contributed by atoms with Crippen molar-refractivity contribution in [2.75, 3.05) is 19.8 Å². The van der Waals surface area contributed by atoms with E-state index in [9.17, 15) is 0 Å². The van der Waals surface area contributed by atoms with Crippen molar-refractivity contribution in [2.24, 2.45) is 10.6 Å². The number of benzene rings is 1. The van der Waals surface area contributed by atoms with Crippen molar-refractivity contribution in [3.8, 4) is 11.5 Å². The normalized spacial score (nSPS) is 11.9. The summed E-state index contributed by atoms with van der Waals surface area (Å²) in [6.45, 7) is 11.7. The highest BCUT2D eigenvalue weighted by molar-refractivity contribution is 6.55. The van der Waals surface area contributed by atoms with E-state index in [1.54, 1.807) is 12.1 Å². The van der Waals surface area contributed by atoms with Crippen LogP contribution in [0, 0.1) is 12.3 Å². The van der Waals surface area contributed by atoms with E-state index in [4.69, 9.17) is 49.1 Å². The third-order valence-electron chi connectivity index (χ3n) is 4.10. The Kier molecular flexibility index (Phi) is 11.1. The minimum atomic E-state index is 0.0411. The molecule has 0 heterocycles. The van der Waals surface area contributed by atoms with Crippen molar-refractivity contribution in [1.29, 1.82) is 0 Å². The molecule has 0 aliphatic heterocycles. The molecular weight excluding hydrogens is 421 g/mol. The first-order valence-corrected chi connectivity index (χ1v) is 10.5. The Labute approximate surface area is 183 Å². The van der Waals surface area contributed by atoms with Crippen molar-refractivity contribution in [3.05, 3.63) is 33.3 Å². The van der Waals surface area contributed by atoms with Crippen LogP contribution in [-0.2, 0) is 4.84 Å². The molecule has 0 spiro atoms. The maximum atomic E-state index is 6.32. The molecule has 28 heavy (non-hydrogen) atoms. The molecule has 4 nitrogen and oxygen atoms in total. The van der Waals surface area contributed by atoms with Crippen LogP contribution in [-0.4, -0.2) is 25.5 Å². The molecule has 7 heteroatoms. The molecule has 0 fully saturated rings. The van der Waals surface area contributed by atoms with E-state index in [0.29, 0.717) is 29.7 Å². The van der Waals surface area contributed by atoms with Crippen molar-refractivity contribution in [1.82, 2.24) is 0 Å². The lowest BCUT2D eigenvalue weighted by Crippen LogP contribution is -2.17. The van der Waals surface area contributed by atoms with Crippen LogP contribution in [0.5, 0.6) is 11.5 Å². The predicted octanol–water partition coefficient (Wildman–Crippen LogP) is 7.33. The Morgan fingerprint density at radius 1 is 1.07 bits per heavy atom. The van der Waals surface area contributed by atoms with Crippen molar-refractivity contribution >= 4 is 40.5 Å². The Morgan fingerprint density at radius 2 is 1.75 bits per heavy atom. The molecule has 0 unspecified atom stereocenters. The highest BCUT2D eigenvalue weighted by Crippen LogP contribution is 2.33. The third-order valence-corrected chi connectivity index (χ3v) is 4.69. The van der Waals surface area contributed by atoms with Gasteiger partial charge in [-0.05, 0) is 50.8 Å². The number of oxime groups is 1. The molecule has 0 radical (unpaired) electrons. The second-order valence-corrected chi connectivity index (χ2v) is 8.94. The molecule has 0 atom stereocenters. The Bertz CT molecular complexity index is 655. The van der Waals surface area contributed by atoms with E-state index in [1.807, 2.05) is 19.9 Å². The maximum Gasteiger partial charge on any atom is 0.141 e. The van der Waals surface area contributed by atoms with Gasteiger partial charge in [0.15, 0.2) is 0 Å². The lowest BCUT2D eigenvalue weighted by atomic mass is 9.91. The summed E-state index contributed by atoms with van der Waals surface area (Å²) in [5.74, 6) is 1.32. The smallest absolute Gasteiger partial charge is 0.141 e. The van der Waals surface area contributed by atoms with Crippen LogP contribution in [0.1, 0.15) is 52.5 Å². The number of rotatable bonds is 11. The highest BCUT2D eigenvalue weighted by atomic mass is 35.5. The summed E-state index contributed by atoms with van der Waals surface area (Å²) in [5.41, 5.74) is 1.95. The predicted molar refractivity (Wildman–Crippen MR) is 119 cm³/mol. The van der Waals surface area contributed by atoms with Gasteiger partial charge in [-0.25, -0.2) is 0 Å². The van der Waals surface area contributed by atoms with Gasteiger partial charge in [-0.15, -0.1) is 0 Å². The van der Waals surface area contributed by atoms with Gasteiger partial charge in [-0.2, -0.15) is 0 Å². The van der Waals surface area contributed by atoms with Crippen LogP contribution in [0.15, 0.2) is 27.9 Å². The molecule has 0 bridgehead atoms. The van der Waals surface area contributed by atoms with E-state index in [2.05, 4.69) is 25.9 Å². The zero-order valence-electron chi connectivity index (χ0n) is 17.3. The first kappa shape index (κ1) is 24.9. The molecule has 0 aliphatic rings. The second kappa shape index (κ2) is 12.5. The van der Waals surface area contributed by atoms with Gasteiger partial charge >= 0.3 is 0 Å². The quantitative estimate of drug-likeness (QED) is 0.201. The van der Waals surface area contributed by atoms with Gasteiger partial charge < -0.3 is 14.3 Å². The number of aryl methyl sites for hydroxylation is 1. The number of nitrogens with zero attached hydrogens (tertiary/aromatic N) is 1. The first-order chi connectivity index (χ1) is 13.1. The van der Waals surface area contributed by atoms with Crippen LogP contribution < -0.4 is 9.47 Å². The average molecular weight is 451 g/mol. The monoisotopic (exact) mass is 449 g/mol. The molecule has 0 saturated carbocycles. The fourth-order valence-corrected chi connectivity index (χ4v) is 2.50. The van der Waals surface area contributed by atoms with Crippen LogP contribution >= 0.6 is 34.8 Å². The van der Waals surface area contributed by atoms with E-state index < -0.39 is 0 Å². The van der Waals surface area contributed by atoms with Gasteiger partial charge in [0.25, 0.3) is 0 Å². The maximum absolute atomic E-state index is 6.32. The summed E-state index contributed by atoms with van der Waals surface area (Å²) in [7, 11) is 0. The standard InChI is InChI=1S/C21H30Cl3NO3/c1-15-13-17(26-12-9-19(23)24)14-18(22)20(15)27-10-7-6-8-11-28-25-16(2)21(3,4)5/h9,13-14H,6-8,10-12H2,1-5H3/b25-16+. The minimum Gasteiger partial charge on any atom is -0.492 e. The number of ether oxygens (including phenoxy) is 2. The Balaban J connectivity index is 2.33. The molecule has 1 aromatic carbocycles. The lowest BCUT2D eigenvalue weighted by molar-refractivity contribution is 0.135. The van der Waals surface area contributed by atoms with Crippen LogP contribution in [0.2, 0.25) is 5.02 Å². The second-order valence-electron chi connectivity index (χ2n) is 7.52. The minimum absolute atomic E-state index is 0.0411. The molecule has 0 aromatic heterocycles. The SMILES string of the molecule is C/C(=N\OCCCCCOc1c(C)cc(OCC=C(Cl)Cl)cc1Cl)C(C)(C)C. The summed E-state index contributed by atoms with van der Waals surface area (Å²) in [6.07, 6.45) is 4.41. The first-order valence-electron chi connectivity index (χ1n) is 9.35. The molecule has 158 valence electrons. The van der Waals surface area contributed by atoms with Crippen LogP contribution in [0.25, 0.3) is 0 Å². The molecule has 0 aliphatic carbocycles. The summed E-state index contributed by atoms with van der Waals surface area (Å²) in [4.78, 5) is 5.38. The zero-order valence-corrected chi connectivity index (χ0v) is 19.5. The largest absolute Gasteiger partial charge is 0.492 e. The summed E-state index contributed by atoms with van der Waals surface area (Å²) >= 11 is 17.4. The van der Waals surface area contributed by atoms with Gasteiger partial charge in [-0.3, -0.25) is 0 Å². The molecule has 1 aromatic rings. The Hall–Kier alpha value is -1.10. The van der Waals surface area contributed by atoms with Gasteiger partial charge in [0.05, 0.1) is 17.3 Å². The average Bonchev–Trinajstić information content (AvgIpc) is 2.57. The van der Waals surface area contributed by atoms with E-state index in [-0.39, 0.29) is 16.5 Å².